The molecule has 0 radical (unpaired) electrons. The zero-order valence-corrected chi connectivity index (χ0v) is 12.3. The Bertz CT molecular complexity index is 450. The lowest BCUT2D eigenvalue weighted by atomic mass is 9.85. The first-order valence-corrected chi connectivity index (χ1v) is 6.65. The molecule has 0 saturated carbocycles. The zero-order valence-electron chi connectivity index (χ0n) is 12.3. The van der Waals surface area contributed by atoms with E-state index in [2.05, 4.69) is 37.9 Å². The van der Waals surface area contributed by atoms with Crippen molar-refractivity contribution in [1.29, 1.82) is 0 Å². The number of hydrogen-bond donors (Lipinski definition) is 1. The van der Waals surface area contributed by atoms with E-state index < -0.39 is 0 Å². The summed E-state index contributed by atoms with van der Waals surface area (Å²) in [6.45, 7) is 7.27. The molecule has 0 amide bonds. The highest BCUT2D eigenvalue weighted by molar-refractivity contribution is 5.61. The van der Waals surface area contributed by atoms with E-state index in [-0.39, 0.29) is 5.41 Å². The van der Waals surface area contributed by atoms with Gasteiger partial charge in [-0.1, -0.05) is 0 Å². The molecule has 1 aliphatic rings. The standard InChI is InChI=1S/C15H24N2O2/c1-11-5-13(14(18-4)6-12(11)2)17(3)8-15(7-16)9-19-10-15/h5-6H,7-10,16H2,1-4H3. The van der Waals surface area contributed by atoms with E-state index in [1.807, 2.05) is 0 Å². The number of nitrogens with zero attached hydrogens (tertiary/aromatic N) is 1. The fourth-order valence-corrected chi connectivity index (χ4v) is 2.49. The molecule has 106 valence electrons. The lowest BCUT2D eigenvalue weighted by molar-refractivity contribution is -0.101. The topological polar surface area (TPSA) is 47.7 Å². The molecule has 2 rings (SSSR count). The number of hydrogen-bond acceptors (Lipinski definition) is 4. The summed E-state index contributed by atoms with van der Waals surface area (Å²) in [6, 6.07) is 4.27. The largest absolute Gasteiger partial charge is 0.495 e. The number of nitrogens with two attached hydrogens (primary N) is 1. The van der Waals surface area contributed by atoms with Crippen molar-refractivity contribution in [1.82, 2.24) is 0 Å². The molecule has 0 aromatic heterocycles. The van der Waals surface area contributed by atoms with Gasteiger partial charge in [0.15, 0.2) is 0 Å². The number of rotatable bonds is 5. The first kappa shape index (κ1) is 14.2. The molecule has 4 nitrogen and oxygen atoms in total. The van der Waals surface area contributed by atoms with Crippen LogP contribution in [0.15, 0.2) is 12.1 Å². The van der Waals surface area contributed by atoms with E-state index in [1.165, 1.54) is 11.1 Å². The van der Waals surface area contributed by atoms with Crippen LogP contribution >= 0.6 is 0 Å². The van der Waals surface area contributed by atoms with Crippen LogP contribution in [-0.4, -0.2) is 40.5 Å². The van der Waals surface area contributed by atoms with Crippen LogP contribution in [0.4, 0.5) is 5.69 Å². The third kappa shape index (κ3) is 2.69. The van der Waals surface area contributed by atoms with Crippen LogP contribution in [-0.2, 0) is 4.74 Å². The highest BCUT2D eigenvalue weighted by atomic mass is 16.5. The Morgan fingerprint density at radius 1 is 1.32 bits per heavy atom. The minimum Gasteiger partial charge on any atom is -0.495 e. The van der Waals surface area contributed by atoms with E-state index in [0.717, 1.165) is 31.2 Å². The maximum absolute atomic E-state index is 5.88. The number of aryl methyl sites for hydroxylation is 2. The molecule has 1 aromatic carbocycles. The second-order valence-corrected chi connectivity index (χ2v) is 5.66. The van der Waals surface area contributed by atoms with Gasteiger partial charge in [-0.15, -0.1) is 0 Å². The third-order valence-corrected chi connectivity index (χ3v) is 4.03. The van der Waals surface area contributed by atoms with Crippen LogP contribution in [0.5, 0.6) is 5.75 Å². The van der Waals surface area contributed by atoms with Gasteiger partial charge in [0, 0.05) is 25.6 Å². The molecule has 2 N–H and O–H groups in total. The zero-order chi connectivity index (χ0) is 14.0. The van der Waals surface area contributed by atoms with Gasteiger partial charge in [0.25, 0.3) is 0 Å². The molecule has 0 atom stereocenters. The molecule has 4 heteroatoms. The number of methoxy groups -OCH3 is 1. The van der Waals surface area contributed by atoms with Crippen molar-refractivity contribution in [2.24, 2.45) is 11.1 Å². The summed E-state index contributed by atoms with van der Waals surface area (Å²) in [5.74, 6) is 0.915. The minimum absolute atomic E-state index is 0.0958. The second-order valence-electron chi connectivity index (χ2n) is 5.66. The molecule has 1 aromatic rings. The lowest BCUT2D eigenvalue weighted by Crippen LogP contribution is -2.54. The van der Waals surface area contributed by atoms with Crippen molar-refractivity contribution in [3.8, 4) is 5.75 Å². The van der Waals surface area contributed by atoms with Crippen molar-refractivity contribution in [3.05, 3.63) is 23.3 Å². The Labute approximate surface area is 115 Å². The maximum atomic E-state index is 5.88. The van der Waals surface area contributed by atoms with Gasteiger partial charge in [-0.05, 0) is 37.1 Å². The van der Waals surface area contributed by atoms with Crippen LogP contribution in [0.3, 0.4) is 0 Å². The third-order valence-electron chi connectivity index (χ3n) is 4.03. The Hall–Kier alpha value is -1.26. The smallest absolute Gasteiger partial charge is 0.142 e. The minimum atomic E-state index is 0.0958. The molecule has 1 aliphatic heterocycles. The Balaban J connectivity index is 2.23. The van der Waals surface area contributed by atoms with E-state index in [1.54, 1.807) is 7.11 Å². The molecule has 0 bridgehead atoms. The van der Waals surface area contributed by atoms with Crippen molar-refractivity contribution in [3.63, 3.8) is 0 Å². The summed E-state index contributed by atoms with van der Waals surface area (Å²) in [4.78, 5) is 2.22. The van der Waals surface area contributed by atoms with E-state index in [4.69, 9.17) is 15.2 Å². The summed E-state index contributed by atoms with van der Waals surface area (Å²) >= 11 is 0. The van der Waals surface area contributed by atoms with Gasteiger partial charge in [0.05, 0.1) is 26.0 Å². The van der Waals surface area contributed by atoms with Crippen LogP contribution in [0.2, 0.25) is 0 Å². The number of ether oxygens (including phenoxy) is 2. The summed E-state index contributed by atoms with van der Waals surface area (Å²) in [5.41, 5.74) is 9.61. The summed E-state index contributed by atoms with van der Waals surface area (Å²) in [6.07, 6.45) is 0. The molecule has 19 heavy (non-hydrogen) atoms. The van der Waals surface area contributed by atoms with E-state index >= 15 is 0 Å². The average Bonchev–Trinajstić information content (AvgIpc) is 2.36. The fourth-order valence-electron chi connectivity index (χ4n) is 2.49. The highest BCUT2D eigenvalue weighted by Gasteiger charge is 2.38. The SMILES string of the molecule is COc1cc(C)c(C)cc1N(C)CC1(CN)COC1. The Morgan fingerprint density at radius 3 is 2.42 bits per heavy atom. The van der Waals surface area contributed by atoms with Crippen LogP contribution < -0.4 is 15.4 Å². The predicted octanol–water partition coefficient (Wildman–Crippen LogP) is 1.72. The second kappa shape index (κ2) is 5.39. The monoisotopic (exact) mass is 264 g/mol. The summed E-state index contributed by atoms with van der Waals surface area (Å²) < 4.78 is 10.8. The molecular weight excluding hydrogens is 240 g/mol. The predicted molar refractivity (Wildman–Crippen MR) is 78.0 cm³/mol. The molecule has 1 saturated heterocycles. The first-order valence-electron chi connectivity index (χ1n) is 6.65. The van der Waals surface area contributed by atoms with E-state index in [0.29, 0.717) is 6.54 Å². The molecule has 0 spiro atoms. The Morgan fingerprint density at radius 2 is 1.95 bits per heavy atom. The molecule has 1 heterocycles. The van der Waals surface area contributed by atoms with Crippen molar-refractivity contribution in [2.45, 2.75) is 13.8 Å². The Kier molecular flexibility index (Phi) is 4.02. The van der Waals surface area contributed by atoms with Crippen LogP contribution in [0.25, 0.3) is 0 Å². The van der Waals surface area contributed by atoms with Crippen molar-refractivity contribution in [2.75, 3.05) is 45.4 Å². The summed E-state index contributed by atoms with van der Waals surface area (Å²) in [7, 11) is 3.80. The van der Waals surface area contributed by atoms with Crippen molar-refractivity contribution >= 4 is 5.69 Å². The van der Waals surface area contributed by atoms with Gasteiger partial charge in [0.1, 0.15) is 5.75 Å². The highest BCUT2D eigenvalue weighted by Crippen LogP contribution is 2.34. The van der Waals surface area contributed by atoms with Crippen LogP contribution in [0.1, 0.15) is 11.1 Å². The van der Waals surface area contributed by atoms with Gasteiger partial charge in [-0.25, -0.2) is 0 Å². The van der Waals surface area contributed by atoms with E-state index in [9.17, 15) is 0 Å². The average molecular weight is 264 g/mol. The molecule has 1 fully saturated rings. The van der Waals surface area contributed by atoms with Gasteiger partial charge in [-0.3, -0.25) is 0 Å². The quantitative estimate of drug-likeness (QED) is 0.880. The lowest BCUT2D eigenvalue weighted by Gasteiger charge is -2.43. The fraction of sp³-hybridized carbons (Fsp3) is 0.600. The molecular formula is C15H24N2O2. The summed E-state index contributed by atoms with van der Waals surface area (Å²) in [5, 5.41) is 0. The van der Waals surface area contributed by atoms with Gasteiger partial charge < -0.3 is 20.1 Å². The maximum Gasteiger partial charge on any atom is 0.142 e. The van der Waals surface area contributed by atoms with Crippen LogP contribution in [0, 0.1) is 19.3 Å². The first-order chi connectivity index (χ1) is 9.01. The van der Waals surface area contributed by atoms with Gasteiger partial charge in [-0.2, -0.15) is 0 Å². The molecule has 0 unspecified atom stereocenters. The molecule has 0 aliphatic carbocycles. The van der Waals surface area contributed by atoms with Gasteiger partial charge in [0.2, 0.25) is 0 Å². The van der Waals surface area contributed by atoms with Gasteiger partial charge >= 0.3 is 0 Å². The van der Waals surface area contributed by atoms with Crippen molar-refractivity contribution < 1.29 is 9.47 Å². The normalized spacial score (nSPS) is 16.9. The number of benzene rings is 1. The number of anilines is 1.